The van der Waals surface area contributed by atoms with Crippen molar-refractivity contribution in [1.82, 2.24) is 15.5 Å². The zero-order valence-corrected chi connectivity index (χ0v) is 13.0. The maximum absolute atomic E-state index is 12.1. The number of nitrogens with one attached hydrogen (secondary N) is 2. The topological polar surface area (TPSA) is 44.4 Å². The minimum atomic E-state index is 0. The molecule has 0 unspecified atom stereocenters. The summed E-state index contributed by atoms with van der Waals surface area (Å²) in [6, 6.07) is 0.0489. The Hall–Kier alpha value is -0.320. The lowest BCUT2D eigenvalue weighted by molar-refractivity contribution is -0.123. The van der Waals surface area contributed by atoms with Crippen LogP contribution in [0.1, 0.15) is 44.9 Å². The van der Waals surface area contributed by atoms with Gasteiger partial charge in [-0.05, 0) is 46.3 Å². The molecule has 4 nitrogen and oxygen atoms in total. The van der Waals surface area contributed by atoms with E-state index in [1.165, 1.54) is 32.1 Å². The highest BCUT2D eigenvalue weighted by molar-refractivity contribution is 5.85. The number of amides is 1. The predicted octanol–water partition coefficient (Wildman–Crippen LogP) is 1.54. The largest absolute Gasteiger partial charge is 0.353 e. The lowest BCUT2D eigenvalue weighted by Crippen LogP contribution is -2.55. The van der Waals surface area contributed by atoms with Gasteiger partial charge in [-0.25, -0.2) is 0 Å². The van der Waals surface area contributed by atoms with Crippen molar-refractivity contribution in [3.63, 3.8) is 0 Å². The van der Waals surface area contributed by atoms with Gasteiger partial charge in [0.25, 0.3) is 0 Å². The number of halogens is 1. The summed E-state index contributed by atoms with van der Waals surface area (Å²) in [5.74, 6) is 0.194. The quantitative estimate of drug-likeness (QED) is 0.825. The molecule has 0 aromatic rings. The van der Waals surface area contributed by atoms with Crippen LogP contribution in [0.4, 0.5) is 0 Å². The lowest BCUT2D eigenvalue weighted by Gasteiger charge is -2.43. The molecule has 2 aliphatic rings. The standard InChI is InChI=1S/C14H27N3O.ClH/c1-17(2)14(8-4-3-5-9-14)11-16-13(18)12-7-6-10-15-12;/h12,15H,3-11H2,1-2H3,(H,16,18);1H/t12-;/m0./s1. The molecule has 0 bridgehead atoms. The fourth-order valence-electron chi connectivity index (χ4n) is 3.28. The molecule has 112 valence electrons. The van der Waals surface area contributed by atoms with Gasteiger partial charge >= 0.3 is 0 Å². The molecule has 0 aromatic heterocycles. The molecule has 1 saturated heterocycles. The van der Waals surface area contributed by atoms with Gasteiger partial charge in [-0.1, -0.05) is 19.3 Å². The van der Waals surface area contributed by atoms with Gasteiger partial charge in [0.1, 0.15) is 0 Å². The van der Waals surface area contributed by atoms with Crippen LogP contribution < -0.4 is 10.6 Å². The predicted molar refractivity (Wildman–Crippen MR) is 80.8 cm³/mol. The van der Waals surface area contributed by atoms with E-state index >= 15 is 0 Å². The minimum absolute atomic E-state index is 0. The number of carbonyl (C=O) groups excluding carboxylic acids is 1. The van der Waals surface area contributed by atoms with Gasteiger partial charge in [-0.3, -0.25) is 4.79 Å². The van der Waals surface area contributed by atoms with Gasteiger partial charge < -0.3 is 15.5 Å². The summed E-state index contributed by atoms with van der Waals surface area (Å²) in [7, 11) is 4.29. The first kappa shape index (κ1) is 16.7. The summed E-state index contributed by atoms with van der Waals surface area (Å²) in [6.45, 7) is 1.79. The fraction of sp³-hybridized carbons (Fsp3) is 0.929. The summed E-state index contributed by atoms with van der Waals surface area (Å²) in [4.78, 5) is 14.4. The smallest absolute Gasteiger partial charge is 0.237 e. The Morgan fingerprint density at radius 2 is 1.95 bits per heavy atom. The summed E-state index contributed by atoms with van der Waals surface area (Å²) < 4.78 is 0. The Bertz CT molecular complexity index is 284. The van der Waals surface area contributed by atoms with E-state index in [4.69, 9.17) is 0 Å². The number of carbonyl (C=O) groups is 1. The van der Waals surface area contributed by atoms with Crippen LogP contribution in [-0.4, -0.2) is 49.6 Å². The first-order valence-electron chi connectivity index (χ1n) is 7.33. The van der Waals surface area contributed by atoms with Crippen molar-refractivity contribution in [2.75, 3.05) is 27.2 Å². The monoisotopic (exact) mass is 289 g/mol. The Labute approximate surface area is 123 Å². The molecular weight excluding hydrogens is 262 g/mol. The normalized spacial score (nSPS) is 25.9. The summed E-state index contributed by atoms with van der Waals surface area (Å²) >= 11 is 0. The second-order valence-electron chi connectivity index (χ2n) is 6.05. The van der Waals surface area contributed by atoms with E-state index < -0.39 is 0 Å². The van der Waals surface area contributed by atoms with E-state index in [9.17, 15) is 4.79 Å². The molecule has 19 heavy (non-hydrogen) atoms. The van der Waals surface area contributed by atoms with E-state index in [0.717, 1.165) is 25.9 Å². The lowest BCUT2D eigenvalue weighted by atomic mass is 9.80. The Kier molecular flexibility index (Phi) is 6.57. The molecular formula is C14H28ClN3O. The minimum Gasteiger partial charge on any atom is -0.353 e. The maximum Gasteiger partial charge on any atom is 0.237 e. The van der Waals surface area contributed by atoms with E-state index in [-0.39, 0.29) is 29.9 Å². The first-order chi connectivity index (χ1) is 8.64. The summed E-state index contributed by atoms with van der Waals surface area (Å²) in [5, 5.41) is 6.43. The molecule has 0 spiro atoms. The van der Waals surface area contributed by atoms with Crippen LogP contribution in [0.5, 0.6) is 0 Å². The Morgan fingerprint density at radius 1 is 1.26 bits per heavy atom. The number of likely N-dealkylation sites (N-methyl/N-ethyl adjacent to an activating group) is 1. The highest BCUT2D eigenvalue weighted by atomic mass is 35.5. The summed E-state index contributed by atoms with van der Waals surface area (Å²) in [6.07, 6.45) is 8.44. The molecule has 1 atom stereocenters. The molecule has 0 aromatic carbocycles. The number of hydrogen-bond acceptors (Lipinski definition) is 3. The third-order valence-corrected chi connectivity index (χ3v) is 4.70. The SMILES string of the molecule is CN(C)C1(CNC(=O)[C@@H]2CCCN2)CCCCC1.Cl. The fourth-order valence-corrected chi connectivity index (χ4v) is 3.28. The Balaban J connectivity index is 0.00000180. The van der Waals surface area contributed by atoms with Crippen molar-refractivity contribution >= 4 is 18.3 Å². The molecule has 5 heteroatoms. The second kappa shape index (κ2) is 7.46. The zero-order valence-electron chi connectivity index (χ0n) is 12.2. The van der Waals surface area contributed by atoms with Crippen LogP contribution in [-0.2, 0) is 4.79 Å². The van der Waals surface area contributed by atoms with E-state index in [0.29, 0.717) is 0 Å². The molecule has 2 N–H and O–H groups in total. The molecule has 1 amide bonds. The van der Waals surface area contributed by atoms with Crippen molar-refractivity contribution in [1.29, 1.82) is 0 Å². The van der Waals surface area contributed by atoms with Crippen LogP contribution >= 0.6 is 12.4 Å². The third-order valence-electron chi connectivity index (χ3n) is 4.70. The first-order valence-corrected chi connectivity index (χ1v) is 7.33. The van der Waals surface area contributed by atoms with Crippen LogP contribution in [0.15, 0.2) is 0 Å². The maximum atomic E-state index is 12.1. The molecule has 1 aliphatic heterocycles. The van der Waals surface area contributed by atoms with Crippen molar-refractivity contribution in [2.24, 2.45) is 0 Å². The van der Waals surface area contributed by atoms with Gasteiger partial charge in [0.15, 0.2) is 0 Å². The van der Waals surface area contributed by atoms with Crippen LogP contribution in [0.25, 0.3) is 0 Å². The molecule has 2 rings (SSSR count). The highest BCUT2D eigenvalue weighted by Crippen LogP contribution is 2.31. The van der Waals surface area contributed by atoms with Gasteiger partial charge in [-0.15, -0.1) is 12.4 Å². The molecule has 2 fully saturated rings. The van der Waals surface area contributed by atoms with E-state index in [1.807, 2.05) is 0 Å². The number of nitrogens with zero attached hydrogens (tertiary/aromatic N) is 1. The van der Waals surface area contributed by atoms with Crippen LogP contribution in [0.3, 0.4) is 0 Å². The Morgan fingerprint density at radius 3 is 2.47 bits per heavy atom. The van der Waals surface area contributed by atoms with Crippen LogP contribution in [0, 0.1) is 0 Å². The van der Waals surface area contributed by atoms with Crippen molar-refractivity contribution in [3.8, 4) is 0 Å². The van der Waals surface area contributed by atoms with Crippen LogP contribution in [0.2, 0.25) is 0 Å². The highest BCUT2D eigenvalue weighted by Gasteiger charge is 2.35. The van der Waals surface area contributed by atoms with Crippen molar-refractivity contribution in [3.05, 3.63) is 0 Å². The number of rotatable bonds is 4. The summed E-state index contributed by atoms with van der Waals surface area (Å²) in [5.41, 5.74) is 0.187. The molecule has 0 radical (unpaired) electrons. The van der Waals surface area contributed by atoms with Crippen molar-refractivity contribution < 1.29 is 4.79 Å². The van der Waals surface area contributed by atoms with E-state index in [2.05, 4.69) is 29.6 Å². The van der Waals surface area contributed by atoms with Gasteiger partial charge in [0.2, 0.25) is 5.91 Å². The third kappa shape index (κ3) is 4.07. The molecule has 1 saturated carbocycles. The van der Waals surface area contributed by atoms with Gasteiger partial charge in [-0.2, -0.15) is 0 Å². The zero-order chi connectivity index (χ0) is 13.0. The van der Waals surface area contributed by atoms with E-state index in [1.54, 1.807) is 0 Å². The van der Waals surface area contributed by atoms with Gasteiger partial charge in [0.05, 0.1) is 6.04 Å². The second-order valence-corrected chi connectivity index (χ2v) is 6.05. The average Bonchev–Trinajstić information content (AvgIpc) is 2.91. The average molecular weight is 290 g/mol. The molecule has 1 aliphatic carbocycles. The number of hydrogen-bond donors (Lipinski definition) is 2. The van der Waals surface area contributed by atoms with Crippen molar-refractivity contribution in [2.45, 2.75) is 56.5 Å². The van der Waals surface area contributed by atoms with Gasteiger partial charge in [0, 0.05) is 12.1 Å². The molecule has 1 heterocycles.